The van der Waals surface area contributed by atoms with Crippen molar-refractivity contribution < 1.29 is 4.74 Å². The summed E-state index contributed by atoms with van der Waals surface area (Å²) >= 11 is 0. The van der Waals surface area contributed by atoms with Gasteiger partial charge < -0.3 is 19.9 Å². The number of rotatable bonds is 11. The third-order valence-corrected chi connectivity index (χ3v) is 6.17. The van der Waals surface area contributed by atoms with Crippen LogP contribution in [0.3, 0.4) is 0 Å². The van der Waals surface area contributed by atoms with Crippen LogP contribution in [0, 0.1) is 0 Å². The van der Waals surface area contributed by atoms with Gasteiger partial charge in [-0.1, -0.05) is 62.4 Å². The number of anilines is 1. The molecule has 0 bridgehead atoms. The minimum atomic E-state index is -0.141. The Morgan fingerprint density at radius 1 is 0.933 bits per heavy atom. The molecule has 0 amide bonds. The molecule has 3 rings (SSSR count). The van der Waals surface area contributed by atoms with Crippen molar-refractivity contribution in [1.29, 1.82) is 0 Å². The number of piperidine rings is 1. The number of para-hydroxylation sites is 1. The maximum absolute atomic E-state index is 6.63. The predicted molar refractivity (Wildman–Crippen MR) is 130 cm³/mol. The van der Waals surface area contributed by atoms with Gasteiger partial charge >= 0.3 is 0 Å². The van der Waals surface area contributed by atoms with Gasteiger partial charge in [0, 0.05) is 38.4 Å². The number of likely N-dealkylation sites (N-methyl/N-ethyl adjacent to an activating group) is 1. The molecule has 1 aliphatic rings. The molecule has 0 aromatic heterocycles. The number of hydrogen-bond acceptors (Lipinski definition) is 4. The van der Waals surface area contributed by atoms with Crippen LogP contribution >= 0.6 is 12.4 Å². The second-order valence-corrected chi connectivity index (χ2v) is 7.87. The van der Waals surface area contributed by atoms with E-state index in [1.807, 2.05) is 0 Å². The van der Waals surface area contributed by atoms with Gasteiger partial charge in [-0.25, -0.2) is 0 Å². The molecule has 1 N–H and O–H groups in total. The molecule has 0 aliphatic carbocycles. The van der Waals surface area contributed by atoms with Crippen LogP contribution in [0.2, 0.25) is 0 Å². The van der Waals surface area contributed by atoms with Gasteiger partial charge in [0.25, 0.3) is 0 Å². The smallest absolute Gasteiger partial charge is 0.0956 e. The molecular weight excluding hydrogens is 394 g/mol. The molecule has 30 heavy (non-hydrogen) atoms. The summed E-state index contributed by atoms with van der Waals surface area (Å²) in [6, 6.07) is 21.3. The lowest BCUT2D eigenvalue weighted by Gasteiger charge is -2.42. The summed E-state index contributed by atoms with van der Waals surface area (Å²) in [5.41, 5.74) is 2.39. The van der Waals surface area contributed by atoms with Crippen LogP contribution in [0.4, 0.5) is 5.69 Å². The molecule has 0 radical (unpaired) electrons. The Hall–Kier alpha value is -1.59. The van der Waals surface area contributed by atoms with Crippen molar-refractivity contribution in [1.82, 2.24) is 9.80 Å². The Bertz CT molecular complexity index is 686. The van der Waals surface area contributed by atoms with Gasteiger partial charge in [-0.3, -0.25) is 0 Å². The van der Waals surface area contributed by atoms with Gasteiger partial charge in [0.2, 0.25) is 0 Å². The van der Waals surface area contributed by atoms with E-state index in [4.69, 9.17) is 4.74 Å². The Balaban J connectivity index is 0.00000320. The highest BCUT2D eigenvalue weighted by Crippen LogP contribution is 2.36. The van der Waals surface area contributed by atoms with Crippen LogP contribution in [0.5, 0.6) is 0 Å². The summed E-state index contributed by atoms with van der Waals surface area (Å²) in [5, 5.41) is 3.53. The molecule has 0 atom stereocenters. The maximum Gasteiger partial charge on any atom is 0.0956 e. The molecule has 2 aromatic rings. The van der Waals surface area contributed by atoms with Crippen LogP contribution < -0.4 is 5.32 Å². The zero-order chi connectivity index (χ0) is 20.4. The minimum Gasteiger partial charge on any atom is -0.384 e. The Morgan fingerprint density at radius 2 is 1.53 bits per heavy atom. The molecule has 2 aromatic carbocycles. The molecule has 1 aliphatic heterocycles. The summed E-state index contributed by atoms with van der Waals surface area (Å²) in [5.74, 6) is 0. The van der Waals surface area contributed by atoms with Gasteiger partial charge in [0.1, 0.15) is 0 Å². The van der Waals surface area contributed by atoms with E-state index in [1.54, 1.807) is 0 Å². The summed E-state index contributed by atoms with van der Waals surface area (Å²) in [6.07, 6.45) is 2.11. The normalized spacial score (nSPS) is 16.2. The lowest BCUT2D eigenvalue weighted by atomic mass is 9.84. The molecule has 5 heteroatoms. The molecule has 1 fully saturated rings. The summed E-state index contributed by atoms with van der Waals surface area (Å²) in [7, 11) is 0. The highest BCUT2D eigenvalue weighted by atomic mass is 35.5. The fourth-order valence-corrected chi connectivity index (χ4v) is 4.22. The van der Waals surface area contributed by atoms with Crippen molar-refractivity contribution in [3.63, 3.8) is 0 Å². The van der Waals surface area contributed by atoms with E-state index < -0.39 is 0 Å². The SMILES string of the molecule is CCN(CC)CCOC1(c2ccccc2)CCN(CCNc2ccccc2)CC1.Cl. The molecule has 1 heterocycles. The van der Waals surface area contributed by atoms with Crippen LogP contribution in [0.25, 0.3) is 0 Å². The van der Waals surface area contributed by atoms with E-state index in [-0.39, 0.29) is 18.0 Å². The highest BCUT2D eigenvalue weighted by molar-refractivity contribution is 5.85. The van der Waals surface area contributed by atoms with Crippen LogP contribution in [0.15, 0.2) is 60.7 Å². The molecular formula is C25H38ClN3O. The first-order chi connectivity index (χ1) is 14.3. The number of nitrogens with zero attached hydrogens (tertiary/aromatic N) is 2. The number of halogens is 1. The number of benzene rings is 2. The van der Waals surface area contributed by atoms with Crippen molar-refractivity contribution in [2.75, 3.05) is 57.7 Å². The van der Waals surface area contributed by atoms with Crippen molar-refractivity contribution in [3.8, 4) is 0 Å². The zero-order valence-electron chi connectivity index (χ0n) is 18.6. The van der Waals surface area contributed by atoms with E-state index in [0.717, 1.165) is 65.3 Å². The third kappa shape index (κ3) is 6.98. The number of likely N-dealkylation sites (tertiary alicyclic amines) is 1. The summed E-state index contributed by atoms with van der Waals surface area (Å²) in [6.45, 7) is 12.6. The van der Waals surface area contributed by atoms with Gasteiger partial charge in [0.05, 0.1) is 12.2 Å². The largest absolute Gasteiger partial charge is 0.384 e. The number of hydrogen-bond donors (Lipinski definition) is 1. The van der Waals surface area contributed by atoms with Gasteiger partial charge in [-0.05, 0) is 43.6 Å². The lowest BCUT2D eigenvalue weighted by molar-refractivity contribution is -0.0936. The Morgan fingerprint density at radius 3 is 2.13 bits per heavy atom. The maximum atomic E-state index is 6.63. The minimum absolute atomic E-state index is 0. The van der Waals surface area contributed by atoms with Crippen molar-refractivity contribution in [3.05, 3.63) is 66.2 Å². The Labute approximate surface area is 189 Å². The van der Waals surface area contributed by atoms with Gasteiger partial charge in [-0.15, -0.1) is 12.4 Å². The highest BCUT2D eigenvalue weighted by Gasteiger charge is 2.37. The molecule has 4 nitrogen and oxygen atoms in total. The van der Waals surface area contributed by atoms with Gasteiger partial charge in [0.15, 0.2) is 0 Å². The van der Waals surface area contributed by atoms with Crippen LogP contribution in [0.1, 0.15) is 32.3 Å². The quantitative estimate of drug-likeness (QED) is 0.549. The molecule has 0 saturated carbocycles. The van der Waals surface area contributed by atoms with E-state index in [9.17, 15) is 0 Å². The fourth-order valence-electron chi connectivity index (χ4n) is 4.22. The molecule has 0 unspecified atom stereocenters. The predicted octanol–water partition coefficient (Wildman–Crippen LogP) is 4.87. The topological polar surface area (TPSA) is 27.7 Å². The van der Waals surface area contributed by atoms with Gasteiger partial charge in [-0.2, -0.15) is 0 Å². The monoisotopic (exact) mass is 431 g/mol. The average molecular weight is 432 g/mol. The number of nitrogens with one attached hydrogen (secondary N) is 1. The van der Waals surface area contributed by atoms with Crippen molar-refractivity contribution in [2.45, 2.75) is 32.3 Å². The molecule has 1 saturated heterocycles. The lowest BCUT2D eigenvalue weighted by Crippen LogP contribution is -2.46. The van der Waals surface area contributed by atoms with E-state index in [1.165, 1.54) is 11.3 Å². The van der Waals surface area contributed by atoms with Crippen LogP contribution in [-0.4, -0.2) is 62.2 Å². The standard InChI is InChI=1S/C25H37N3O.ClH/c1-3-27(4-2)21-22-29-25(23-11-7-5-8-12-23)15-18-28(19-16-25)20-17-26-24-13-9-6-10-14-24;/h5-14,26H,3-4,15-22H2,1-2H3;1H. The van der Waals surface area contributed by atoms with E-state index in [0.29, 0.717) is 0 Å². The van der Waals surface area contributed by atoms with Crippen LogP contribution in [-0.2, 0) is 10.3 Å². The first-order valence-corrected chi connectivity index (χ1v) is 11.2. The second-order valence-electron chi connectivity index (χ2n) is 7.87. The van der Waals surface area contributed by atoms with Crippen molar-refractivity contribution >= 4 is 18.1 Å². The third-order valence-electron chi connectivity index (χ3n) is 6.17. The second kappa shape index (κ2) is 13.0. The van der Waals surface area contributed by atoms with E-state index in [2.05, 4.69) is 89.6 Å². The first-order valence-electron chi connectivity index (χ1n) is 11.2. The fraction of sp³-hybridized carbons (Fsp3) is 0.520. The average Bonchev–Trinajstić information content (AvgIpc) is 2.79. The summed E-state index contributed by atoms with van der Waals surface area (Å²) in [4.78, 5) is 4.99. The first kappa shape index (κ1) is 24.7. The van der Waals surface area contributed by atoms with Crippen molar-refractivity contribution in [2.24, 2.45) is 0 Å². The molecule has 0 spiro atoms. The molecule has 166 valence electrons. The van der Waals surface area contributed by atoms with E-state index >= 15 is 0 Å². The Kier molecular flexibility index (Phi) is 10.7. The zero-order valence-corrected chi connectivity index (χ0v) is 19.4. The number of ether oxygens (including phenoxy) is 1. The summed E-state index contributed by atoms with van der Waals surface area (Å²) < 4.78 is 6.63.